The third-order valence-electron chi connectivity index (χ3n) is 3.19. The molecule has 0 bridgehead atoms. The van der Waals surface area contributed by atoms with E-state index in [2.05, 4.69) is 9.84 Å². The number of hydrogen-bond donors (Lipinski definition) is 0. The van der Waals surface area contributed by atoms with Crippen LogP contribution in [0.2, 0.25) is 10.0 Å². The van der Waals surface area contributed by atoms with Gasteiger partial charge in [0.2, 0.25) is 0 Å². The van der Waals surface area contributed by atoms with Crippen molar-refractivity contribution in [3.05, 3.63) is 64.5 Å². The Balaban J connectivity index is 0.000000878. The van der Waals surface area contributed by atoms with Crippen molar-refractivity contribution in [1.82, 2.24) is 9.78 Å². The topological polar surface area (TPSA) is 61.2 Å². The summed E-state index contributed by atoms with van der Waals surface area (Å²) in [7, 11) is 0. The van der Waals surface area contributed by atoms with E-state index in [0.29, 0.717) is 16.9 Å². The number of benzene rings is 2. The van der Waals surface area contributed by atoms with Crippen LogP contribution in [-0.2, 0) is 9.59 Å². The van der Waals surface area contributed by atoms with Crippen LogP contribution in [0.3, 0.4) is 0 Å². The highest BCUT2D eigenvalue weighted by molar-refractivity contribution is 6.31. The van der Waals surface area contributed by atoms with Crippen LogP contribution >= 0.6 is 23.2 Å². The Morgan fingerprint density at radius 2 is 1.71 bits per heavy atom. The summed E-state index contributed by atoms with van der Waals surface area (Å²) >= 11 is 11.7. The predicted molar refractivity (Wildman–Crippen MR) is 90.7 cm³/mol. The van der Waals surface area contributed by atoms with Crippen LogP contribution in [0.5, 0.6) is 5.75 Å². The summed E-state index contributed by atoms with van der Waals surface area (Å²) < 4.78 is 56.0. The molecule has 146 valence electrons. The Morgan fingerprint density at radius 1 is 1.04 bits per heavy atom. The van der Waals surface area contributed by atoms with Crippen LogP contribution < -0.4 is 4.74 Å². The van der Waals surface area contributed by atoms with E-state index in [1.807, 2.05) is 0 Å². The van der Waals surface area contributed by atoms with Gasteiger partial charge in [0.25, 0.3) is 0 Å². The number of hydrogen-bond acceptors (Lipinski definition) is 4. The van der Waals surface area contributed by atoms with E-state index in [1.165, 1.54) is 41.2 Å². The molecule has 11 heteroatoms. The minimum atomic E-state index is -4.84. The predicted octanol–water partition coefficient (Wildman–Crippen LogP) is 5.30. The second-order valence-corrected chi connectivity index (χ2v) is 5.88. The fraction of sp³-hybridized carbons (Fsp3) is 0.0588. The zero-order valence-electron chi connectivity index (χ0n) is 13.5. The lowest BCUT2D eigenvalue weighted by molar-refractivity contribution is -0.274. The van der Waals surface area contributed by atoms with Gasteiger partial charge in [-0.05, 0) is 42.5 Å². The quantitative estimate of drug-likeness (QED) is 0.524. The smallest absolute Gasteiger partial charge is 0.406 e. The van der Waals surface area contributed by atoms with Crippen molar-refractivity contribution >= 4 is 29.4 Å². The van der Waals surface area contributed by atoms with Crippen molar-refractivity contribution in [1.29, 1.82) is 0 Å². The van der Waals surface area contributed by atoms with Gasteiger partial charge in [-0.1, -0.05) is 23.2 Å². The van der Waals surface area contributed by atoms with Gasteiger partial charge in [-0.3, -0.25) is 0 Å². The van der Waals surface area contributed by atoms with Crippen molar-refractivity contribution < 1.29 is 31.9 Å². The third kappa shape index (κ3) is 5.56. The number of halogens is 6. The highest BCUT2D eigenvalue weighted by Crippen LogP contribution is 2.32. The minimum absolute atomic E-state index is 0.0571. The Bertz CT molecular complexity index is 1020. The summed E-state index contributed by atoms with van der Waals surface area (Å²) in [5.41, 5.74) is 1.20. The molecule has 28 heavy (non-hydrogen) atoms. The first-order valence-electron chi connectivity index (χ1n) is 7.20. The lowest BCUT2D eigenvalue weighted by atomic mass is 10.1. The summed E-state index contributed by atoms with van der Waals surface area (Å²) in [4.78, 5) is 16.2. The van der Waals surface area contributed by atoms with Gasteiger partial charge in [0.1, 0.15) is 11.6 Å². The van der Waals surface area contributed by atoms with Crippen molar-refractivity contribution in [2.45, 2.75) is 6.36 Å². The van der Waals surface area contributed by atoms with Gasteiger partial charge in [0.05, 0.1) is 22.6 Å². The van der Waals surface area contributed by atoms with E-state index < -0.39 is 17.9 Å². The first-order valence-corrected chi connectivity index (χ1v) is 7.95. The van der Waals surface area contributed by atoms with Gasteiger partial charge in [0, 0.05) is 10.6 Å². The van der Waals surface area contributed by atoms with E-state index in [1.54, 1.807) is 6.07 Å². The second kappa shape index (κ2) is 8.88. The first kappa shape index (κ1) is 21.4. The molecule has 1 aromatic heterocycles. The molecule has 0 fully saturated rings. The zero-order chi connectivity index (χ0) is 20.9. The van der Waals surface area contributed by atoms with Gasteiger partial charge in [-0.25, -0.2) is 9.07 Å². The van der Waals surface area contributed by atoms with E-state index in [4.69, 9.17) is 32.8 Å². The molecule has 0 aliphatic heterocycles. The highest BCUT2D eigenvalue weighted by atomic mass is 35.5. The number of rotatable bonds is 3. The molecule has 5 nitrogen and oxygen atoms in total. The molecule has 0 spiro atoms. The normalized spacial score (nSPS) is 10.6. The number of ether oxygens (including phenoxy) is 1. The molecule has 0 aliphatic rings. The van der Waals surface area contributed by atoms with Crippen molar-refractivity contribution in [2.24, 2.45) is 0 Å². The molecule has 0 amide bonds. The second-order valence-electron chi connectivity index (χ2n) is 5.03. The molecular formula is C17H8Cl2F4N2O3. The minimum Gasteiger partial charge on any atom is -0.406 e. The fourth-order valence-electron chi connectivity index (χ4n) is 2.25. The molecule has 0 radical (unpaired) electrons. The molecule has 0 aliphatic carbocycles. The number of aromatic nitrogens is 2. The summed E-state index contributed by atoms with van der Waals surface area (Å²) in [5.74, 6) is -1.05. The van der Waals surface area contributed by atoms with Crippen LogP contribution in [0.4, 0.5) is 17.6 Å². The molecule has 1 heterocycles. The van der Waals surface area contributed by atoms with Crippen LogP contribution in [0.1, 0.15) is 0 Å². The number of nitrogens with zero attached hydrogens (tertiary/aromatic N) is 2. The van der Waals surface area contributed by atoms with E-state index in [0.717, 1.165) is 6.07 Å². The lowest BCUT2D eigenvalue weighted by Crippen LogP contribution is -2.17. The van der Waals surface area contributed by atoms with E-state index in [9.17, 15) is 17.6 Å². The van der Waals surface area contributed by atoms with Crippen LogP contribution in [0, 0.1) is 5.82 Å². The maximum atomic E-state index is 13.3. The van der Waals surface area contributed by atoms with Crippen molar-refractivity contribution in [2.75, 3.05) is 0 Å². The molecule has 3 aromatic rings. The average Bonchev–Trinajstić information content (AvgIpc) is 3.05. The Labute approximate surface area is 165 Å². The lowest BCUT2D eigenvalue weighted by Gasteiger charge is -2.12. The maximum Gasteiger partial charge on any atom is 0.573 e. The molecular weight excluding hydrogens is 427 g/mol. The Hall–Kier alpha value is -2.87. The largest absolute Gasteiger partial charge is 0.573 e. The van der Waals surface area contributed by atoms with Crippen LogP contribution in [0.15, 0.2) is 48.7 Å². The van der Waals surface area contributed by atoms with Crippen molar-refractivity contribution in [3.63, 3.8) is 0 Å². The molecule has 0 unspecified atom stereocenters. The van der Waals surface area contributed by atoms with Gasteiger partial charge < -0.3 is 4.74 Å². The molecule has 0 N–H and O–H groups in total. The summed E-state index contributed by atoms with van der Waals surface area (Å²) in [6.07, 6.45) is -3.15. The standard InChI is InChI=1S/C16H8Cl2F4N2O.CO2/c17-10-5-9(6-12(7-10)25-16(20,21)22)15-3-4-23-24(15)11-1-2-14(19)13(18)8-11;2-1-3/h1-8H;. The average molecular weight is 435 g/mol. The summed E-state index contributed by atoms with van der Waals surface area (Å²) in [5, 5.41) is 4.05. The zero-order valence-corrected chi connectivity index (χ0v) is 15.0. The third-order valence-corrected chi connectivity index (χ3v) is 3.70. The SMILES string of the molecule is Fc1ccc(-n2nccc2-c2cc(Cl)cc(OC(F)(F)F)c2)cc1Cl.O=C=O. The van der Waals surface area contributed by atoms with Gasteiger partial charge in [-0.2, -0.15) is 14.7 Å². The van der Waals surface area contributed by atoms with Crippen LogP contribution in [0.25, 0.3) is 16.9 Å². The van der Waals surface area contributed by atoms with Gasteiger partial charge >= 0.3 is 12.5 Å². The highest BCUT2D eigenvalue weighted by Gasteiger charge is 2.31. The molecule has 0 saturated heterocycles. The molecule has 2 aromatic carbocycles. The molecule has 0 saturated carbocycles. The molecule has 0 atom stereocenters. The van der Waals surface area contributed by atoms with E-state index in [-0.39, 0.29) is 16.2 Å². The first-order chi connectivity index (χ1) is 13.1. The van der Waals surface area contributed by atoms with E-state index >= 15 is 0 Å². The molecule has 3 rings (SSSR count). The number of alkyl halides is 3. The Kier molecular flexibility index (Phi) is 6.80. The van der Waals surface area contributed by atoms with Gasteiger partial charge in [0.15, 0.2) is 0 Å². The van der Waals surface area contributed by atoms with Crippen molar-refractivity contribution in [3.8, 4) is 22.7 Å². The number of carbonyl (C=O) groups excluding carboxylic acids is 2. The fourth-order valence-corrected chi connectivity index (χ4v) is 2.65. The maximum absolute atomic E-state index is 13.3. The summed E-state index contributed by atoms with van der Waals surface area (Å²) in [6.45, 7) is 0. The monoisotopic (exact) mass is 434 g/mol. The van der Waals surface area contributed by atoms with Crippen LogP contribution in [-0.4, -0.2) is 22.3 Å². The summed E-state index contributed by atoms with van der Waals surface area (Å²) in [6, 6.07) is 9.22. The van der Waals surface area contributed by atoms with Gasteiger partial charge in [-0.15, -0.1) is 13.2 Å². The Morgan fingerprint density at radius 3 is 2.32 bits per heavy atom.